The molecule has 2 fully saturated rings. The Labute approximate surface area is 111 Å². The van der Waals surface area contributed by atoms with E-state index in [1.165, 1.54) is 45.3 Å². The van der Waals surface area contributed by atoms with Crippen molar-refractivity contribution in [2.45, 2.75) is 38.2 Å². The second-order valence-electron chi connectivity index (χ2n) is 5.60. The Bertz CT molecular complexity index is 212. The molecule has 18 heavy (non-hydrogen) atoms. The average molecular weight is 256 g/mol. The minimum Gasteiger partial charge on any atom is -0.381 e. The fourth-order valence-corrected chi connectivity index (χ4v) is 2.91. The SMILES string of the molecule is NCCCOC1CCN(CC2CCCOC2)CC1. The number of nitrogens with zero attached hydrogens (tertiary/aromatic N) is 1. The van der Waals surface area contributed by atoms with Gasteiger partial charge in [0, 0.05) is 32.8 Å². The third-order valence-corrected chi connectivity index (χ3v) is 4.01. The summed E-state index contributed by atoms with van der Waals surface area (Å²) < 4.78 is 11.4. The molecule has 0 aromatic carbocycles. The minimum absolute atomic E-state index is 0.468. The number of ether oxygens (including phenoxy) is 2. The van der Waals surface area contributed by atoms with Crippen LogP contribution in [0.5, 0.6) is 0 Å². The first-order chi connectivity index (χ1) is 8.88. The van der Waals surface area contributed by atoms with Crippen LogP contribution in [-0.2, 0) is 9.47 Å². The van der Waals surface area contributed by atoms with Crippen molar-refractivity contribution in [2.75, 3.05) is 46.0 Å². The molecule has 2 aliphatic rings. The van der Waals surface area contributed by atoms with Gasteiger partial charge in [-0.2, -0.15) is 0 Å². The third-order valence-electron chi connectivity index (χ3n) is 4.01. The van der Waals surface area contributed by atoms with Crippen LogP contribution in [0.4, 0.5) is 0 Å². The van der Waals surface area contributed by atoms with Crippen molar-refractivity contribution in [3.8, 4) is 0 Å². The smallest absolute Gasteiger partial charge is 0.0599 e. The lowest BCUT2D eigenvalue weighted by atomic mass is 9.99. The topological polar surface area (TPSA) is 47.7 Å². The summed E-state index contributed by atoms with van der Waals surface area (Å²) in [6.45, 7) is 7.09. The largest absolute Gasteiger partial charge is 0.381 e. The lowest BCUT2D eigenvalue weighted by molar-refractivity contribution is -0.00721. The van der Waals surface area contributed by atoms with Gasteiger partial charge in [-0.05, 0) is 44.6 Å². The molecule has 2 N–H and O–H groups in total. The molecule has 0 aromatic rings. The van der Waals surface area contributed by atoms with Crippen LogP contribution >= 0.6 is 0 Å². The van der Waals surface area contributed by atoms with Gasteiger partial charge in [0.2, 0.25) is 0 Å². The van der Waals surface area contributed by atoms with Crippen molar-refractivity contribution in [1.82, 2.24) is 4.90 Å². The van der Waals surface area contributed by atoms with Crippen molar-refractivity contribution in [1.29, 1.82) is 0 Å². The van der Waals surface area contributed by atoms with Crippen molar-refractivity contribution in [3.05, 3.63) is 0 Å². The monoisotopic (exact) mass is 256 g/mol. The van der Waals surface area contributed by atoms with Gasteiger partial charge < -0.3 is 20.1 Å². The molecule has 0 aromatic heterocycles. The Hall–Kier alpha value is -0.160. The van der Waals surface area contributed by atoms with Crippen LogP contribution in [0.25, 0.3) is 0 Å². The van der Waals surface area contributed by atoms with Crippen LogP contribution in [-0.4, -0.2) is 57.0 Å². The second kappa shape index (κ2) is 8.10. The molecule has 4 heteroatoms. The maximum Gasteiger partial charge on any atom is 0.0599 e. The van der Waals surface area contributed by atoms with Crippen molar-refractivity contribution in [2.24, 2.45) is 11.7 Å². The number of rotatable bonds is 6. The van der Waals surface area contributed by atoms with E-state index in [0.717, 1.165) is 38.7 Å². The number of hydrogen-bond acceptors (Lipinski definition) is 4. The van der Waals surface area contributed by atoms with Gasteiger partial charge in [0.15, 0.2) is 0 Å². The van der Waals surface area contributed by atoms with E-state index in [0.29, 0.717) is 6.10 Å². The minimum atomic E-state index is 0.468. The molecule has 0 aliphatic carbocycles. The number of nitrogens with two attached hydrogens (primary N) is 1. The first-order valence-corrected chi connectivity index (χ1v) is 7.50. The molecule has 0 radical (unpaired) electrons. The summed E-state index contributed by atoms with van der Waals surface area (Å²) in [7, 11) is 0. The highest BCUT2D eigenvalue weighted by Gasteiger charge is 2.23. The van der Waals surface area contributed by atoms with Gasteiger partial charge in [-0.3, -0.25) is 0 Å². The molecule has 1 atom stereocenters. The maximum atomic E-state index is 5.83. The first-order valence-electron chi connectivity index (χ1n) is 7.50. The maximum absolute atomic E-state index is 5.83. The van der Waals surface area contributed by atoms with E-state index in [-0.39, 0.29) is 0 Å². The third kappa shape index (κ3) is 4.84. The van der Waals surface area contributed by atoms with Gasteiger partial charge in [0.1, 0.15) is 0 Å². The standard InChI is InChI=1S/C14H28N2O2/c15-6-2-10-18-14-4-7-16(8-5-14)11-13-3-1-9-17-12-13/h13-14H,1-12,15H2. The summed E-state index contributed by atoms with van der Waals surface area (Å²) in [5.41, 5.74) is 5.47. The van der Waals surface area contributed by atoms with Crippen LogP contribution in [0.3, 0.4) is 0 Å². The highest BCUT2D eigenvalue weighted by atomic mass is 16.5. The van der Waals surface area contributed by atoms with E-state index in [2.05, 4.69) is 4.90 Å². The predicted molar refractivity (Wildman–Crippen MR) is 72.6 cm³/mol. The zero-order valence-corrected chi connectivity index (χ0v) is 11.5. The molecule has 2 rings (SSSR count). The summed E-state index contributed by atoms with van der Waals surface area (Å²) >= 11 is 0. The van der Waals surface area contributed by atoms with Gasteiger partial charge in [-0.25, -0.2) is 0 Å². The highest BCUT2D eigenvalue weighted by Crippen LogP contribution is 2.19. The Kier molecular flexibility index (Phi) is 6.41. The molecule has 0 saturated carbocycles. The summed E-state index contributed by atoms with van der Waals surface area (Å²) in [4.78, 5) is 2.59. The molecule has 0 amide bonds. The summed E-state index contributed by atoms with van der Waals surface area (Å²) in [6, 6.07) is 0. The van der Waals surface area contributed by atoms with Gasteiger partial charge in [0.25, 0.3) is 0 Å². The van der Waals surface area contributed by atoms with Crippen LogP contribution < -0.4 is 5.73 Å². The lowest BCUT2D eigenvalue weighted by Crippen LogP contribution is -2.41. The second-order valence-corrected chi connectivity index (χ2v) is 5.60. The Morgan fingerprint density at radius 1 is 1.22 bits per heavy atom. The number of piperidine rings is 1. The normalized spacial score (nSPS) is 27.5. The Balaban J connectivity index is 1.57. The molecule has 2 heterocycles. The quantitative estimate of drug-likeness (QED) is 0.727. The van der Waals surface area contributed by atoms with Gasteiger partial charge in [-0.1, -0.05) is 0 Å². The molecule has 0 bridgehead atoms. The van der Waals surface area contributed by atoms with Crippen LogP contribution in [0, 0.1) is 5.92 Å². The van der Waals surface area contributed by atoms with E-state index >= 15 is 0 Å². The lowest BCUT2D eigenvalue weighted by Gasteiger charge is -2.35. The average Bonchev–Trinajstić information content (AvgIpc) is 2.42. The number of hydrogen-bond donors (Lipinski definition) is 1. The van der Waals surface area contributed by atoms with Crippen molar-refractivity contribution >= 4 is 0 Å². The molecule has 2 saturated heterocycles. The van der Waals surface area contributed by atoms with Crippen LogP contribution in [0.15, 0.2) is 0 Å². The zero-order chi connectivity index (χ0) is 12.6. The van der Waals surface area contributed by atoms with Crippen LogP contribution in [0.2, 0.25) is 0 Å². The number of likely N-dealkylation sites (tertiary alicyclic amines) is 1. The van der Waals surface area contributed by atoms with Gasteiger partial charge in [-0.15, -0.1) is 0 Å². The molecular weight excluding hydrogens is 228 g/mol. The van der Waals surface area contributed by atoms with E-state index in [4.69, 9.17) is 15.2 Å². The fraction of sp³-hybridized carbons (Fsp3) is 1.00. The zero-order valence-electron chi connectivity index (χ0n) is 11.5. The first kappa shape index (κ1) is 14.3. The summed E-state index contributed by atoms with van der Waals surface area (Å²) in [5, 5.41) is 0. The van der Waals surface area contributed by atoms with Crippen molar-refractivity contribution in [3.63, 3.8) is 0 Å². The van der Waals surface area contributed by atoms with E-state index in [1.54, 1.807) is 0 Å². The van der Waals surface area contributed by atoms with Gasteiger partial charge >= 0.3 is 0 Å². The summed E-state index contributed by atoms with van der Waals surface area (Å²) in [5.74, 6) is 0.758. The highest BCUT2D eigenvalue weighted by molar-refractivity contribution is 4.76. The van der Waals surface area contributed by atoms with Crippen molar-refractivity contribution < 1.29 is 9.47 Å². The Morgan fingerprint density at radius 3 is 2.72 bits per heavy atom. The van der Waals surface area contributed by atoms with Gasteiger partial charge in [0.05, 0.1) is 12.7 Å². The molecular formula is C14H28N2O2. The molecule has 1 unspecified atom stereocenters. The Morgan fingerprint density at radius 2 is 2.06 bits per heavy atom. The molecule has 0 spiro atoms. The van der Waals surface area contributed by atoms with E-state index in [9.17, 15) is 0 Å². The summed E-state index contributed by atoms with van der Waals surface area (Å²) in [6.07, 6.45) is 6.39. The molecule has 4 nitrogen and oxygen atoms in total. The predicted octanol–water partition coefficient (Wildman–Crippen LogP) is 1.24. The van der Waals surface area contributed by atoms with Crippen LogP contribution in [0.1, 0.15) is 32.1 Å². The molecule has 106 valence electrons. The van der Waals surface area contributed by atoms with E-state index in [1.807, 2.05) is 0 Å². The van der Waals surface area contributed by atoms with E-state index < -0.39 is 0 Å². The fourth-order valence-electron chi connectivity index (χ4n) is 2.91. The molecule has 2 aliphatic heterocycles.